The molecule has 0 saturated carbocycles. The van der Waals surface area contributed by atoms with Crippen molar-refractivity contribution >= 4 is 17.2 Å². The first-order valence-electron chi connectivity index (χ1n) is 8.10. The van der Waals surface area contributed by atoms with Gasteiger partial charge in [0.2, 0.25) is 0 Å². The Labute approximate surface area is 146 Å². The minimum absolute atomic E-state index is 0.00313. The molecule has 3 rings (SSSR count). The van der Waals surface area contributed by atoms with E-state index in [4.69, 9.17) is 9.47 Å². The molecular formula is C18H22N2O3S. The van der Waals surface area contributed by atoms with Gasteiger partial charge >= 0.3 is 0 Å². The zero-order chi connectivity index (χ0) is 17.1. The summed E-state index contributed by atoms with van der Waals surface area (Å²) in [6.07, 6.45) is 0.137. The number of carbonyl (C=O) groups is 1. The zero-order valence-corrected chi connectivity index (χ0v) is 15.0. The lowest BCUT2D eigenvalue weighted by Crippen LogP contribution is -2.49. The Kier molecular flexibility index (Phi) is 5.16. The van der Waals surface area contributed by atoms with E-state index in [1.54, 1.807) is 11.3 Å². The van der Waals surface area contributed by atoms with E-state index in [1.165, 1.54) is 0 Å². The van der Waals surface area contributed by atoms with Crippen molar-refractivity contribution < 1.29 is 14.3 Å². The van der Waals surface area contributed by atoms with Crippen LogP contribution in [0.1, 0.15) is 19.5 Å². The number of nitrogens with zero attached hydrogens (tertiary/aromatic N) is 2. The second kappa shape index (κ2) is 7.32. The summed E-state index contributed by atoms with van der Waals surface area (Å²) in [5.74, 6) is 0.686. The molecule has 1 aliphatic rings. The van der Waals surface area contributed by atoms with Gasteiger partial charge in [-0.15, -0.1) is 11.3 Å². The Morgan fingerprint density at radius 1 is 1.29 bits per heavy atom. The highest BCUT2D eigenvalue weighted by molar-refractivity contribution is 7.13. The quantitative estimate of drug-likeness (QED) is 0.853. The van der Waals surface area contributed by atoms with Gasteiger partial charge < -0.3 is 14.4 Å². The molecule has 0 radical (unpaired) electrons. The second-order valence-electron chi connectivity index (χ2n) is 6.16. The van der Waals surface area contributed by atoms with Crippen molar-refractivity contribution in [1.82, 2.24) is 9.88 Å². The zero-order valence-electron chi connectivity index (χ0n) is 14.2. The molecule has 2 atom stereocenters. The number of benzene rings is 1. The van der Waals surface area contributed by atoms with E-state index in [9.17, 15) is 4.79 Å². The van der Waals surface area contributed by atoms with Crippen LogP contribution in [0.3, 0.4) is 0 Å². The molecule has 1 aliphatic heterocycles. The minimum atomic E-state index is -0.00313. The van der Waals surface area contributed by atoms with Gasteiger partial charge in [-0.25, -0.2) is 4.98 Å². The summed E-state index contributed by atoms with van der Waals surface area (Å²) in [7, 11) is 0. The third kappa shape index (κ3) is 4.13. The third-order valence-corrected chi connectivity index (χ3v) is 4.86. The van der Waals surface area contributed by atoms with Crippen molar-refractivity contribution in [3.05, 3.63) is 35.3 Å². The molecular weight excluding hydrogens is 324 g/mol. The highest BCUT2D eigenvalue weighted by Crippen LogP contribution is 2.25. The third-order valence-electron chi connectivity index (χ3n) is 3.85. The van der Waals surface area contributed by atoms with Gasteiger partial charge in [-0.05, 0) is 45.0 Å². The molecule has 2 heterocycles. The Bertz CT molecular complexity index is 689. The number of carbonyl (C=O) groups excluding carboxylic acids is 1. The molecule has 1 aromatic carbocycles. The van der Waals surface area contributed by atoms with E-state index in [-0.39, 0.29) is 24.7 Å². The van der Waals surface area contributed by atoms with Gasteiger partial charge in [-0.2, -0.15) is 0 Å². The number of hydrogen-bond acceptors (Lipinski definition) is 5. The number of hydrogen-bond donors (Lipinski definition) is 0. The summed E-state index contributed by atoms with van der Waals surface area (Å²) in [4.78, 5) is 18.6. The Morgan fingerprint density at radius 3 is 2.54 bits per heavy atom. The number of ether oxygens (including phenoxy) is 2. The van der Waals surface area contributed by atoms with Crippen LogP contribution in [0.5, 0.6) is 5.75 Å². The SMILES string of the molecule is Cc1csc(-c2ccc(OCC(=O)N3C[C@@H](C)O[C@@H](C)C3)cc2)n1. The number of rotatable bonds is 4. The second-order valence-corrected chi connectivity index (χ2v) is 7.02. The predicted octanol–water partition coefficient (Wildman–Crippen LogP) is 3.13. The van der Waals surface area contributed by atoms with Crippen LogP contribution >= 0.6 is 11.3 Å². The minimum Gasteiger partial charge on any atom is -0.484 e. The van der Waals surface area contributed by atoms with Crippen LogP contribution in [-0.4, -0.2) is 47.7 Å². The molecule has 0 unspecified atom stereocenters. The van der Waals surface area contributed by atoms with Crippen molar-refractivity contribution in [2.24, 2.45) is 0 Å². The molecule has 6 heteroatoms. The molecule has 2 aromatic rings. The number of aromatic nitrogens is 1. The summed E-state index contributed by atoms with van der Waals surface area (Å²) in [5, 5.41) is 3.02. The molecule has 0 N–H and O–H groups in total. The van der Waals surface area contributed by atoms with Crippen LogP contribution in [-0.2, 0) is 9.53 Å². The normalized spacial score (nSPS) is 20.9. The lowest BCUT2D eigenvalue weighted by atomic mass is 10.2. The maximum Gasteiger partial charge on any atom is 0.260 e. The van der Waals surface area contributed by atoms with Crippen LogP contribution in [0.15, 0.2) is 29.6 Å². The molecule has 0 spiro atoms. The Morgan fingerprint density at radius 2 is 1.96 bits per heavy atom. The fourth-order valence-corrected chi connectivity index (χ4v) is 3.60. The average Bonchev–Trinajstić information content (AvgIpc) is 2.98. The van der Waals surface area contributed by atoms with Gasteiger partial charge in [-0.1, -0.05) is 0 Å². The number of aryl methyl sites for hydroxylation is 1. The van der Waals surface area contributed by atoms with Gasteiger partial charge in [0.05, 0.1) is 12.2 Å². The van der Waals surface area contributed by atoms with Crippen molar-refractivity contribution in [3.63, 3.8) is 0 Å². The standard InChI is InChI=1S/C18H22N2O3S/c1-12-11-24-18(19-12)15-4-6-16(7-5-15)22-10-17(21)20-8-13(2)23-14(3)9-20/h4-7,11,13-14H,8-10H2,1-3H3/t13-,14+. The maximum absolute atomic E-state index is 12.3. The summed E-state index contributed by atoms with van der Waals surface area (Å²) in [5.41, 5.74) is 2.08. The number of amides is 1. The molecule has 5 nitrogen and oxygen atoms in total. The van der Waals surface area contributed by atoms with Crippen LogP contribution in [0.25, 0.3) is 10.6 Å². The van der Waals surface area contributed by atoms with Gasteiger partial charge in [0.1, 0.15) is 10.8 Å². The average molecular weight is 346 g/mol. The highest BCUT2D eigenvalue weighted by Gasteiger charge is 2.25. The summed E-state index contributed by atoms with van der Waals surface area (Å²) >= 11 is 1.62. The van der Waals surface area contributed by atoms with E-state index < -0.39 is 0 Å². The van der Waals surface area contributed by atoms with Crippen molar-refractivity contribution in [2.75, 3.05) is 19.7 Å². The van der Waals surface area contributed by atoms with Gasteiger partial charge in [-0.3, -0.25) is 4.79 Å². The van der Waals surface area contributed by atoms with Gasteiger partial charge in [0, 0.05) is 29.7 Å². The molecule has 1 amide bonds. The van der Waals surface area contributed by atoms with Crippen molar-refractivity contribution in [2.45, 2.75) is 33.0 Å². The smallest absolute Gasteiger partial charge is 0.260 e. The molecule has 24 heavy (non-hydrogen) atoms. The first-order chi connectivity index (χ1) is 11.5. The lowest BCUT2D eigenvalue weighted by Gasteiger charge is -2.35. The highest BCUT2D eigenvalue weighted by atomic mass is 32.1. The van der Waals surface area contributed by atoms with Crippen LogP contribution < -0.4 is 4.74 Å². The molecule has 0 bridgehead atoms. The summed E-state index contributed by atoms with van der Waals surface area (Å²) in [6.45, 7) is 7.24. The van der Waals surface area contributed by atoms with Crippen LogP contribution in [0, 0.1) is 6.92 Å². The van der Waals surface area contributed by atoms with E-state index >= 15 is 0 Å². The lowest BCUT2D eigenvalue weighted by molar-refractivity contribution is -0.145. The molecule has 128 valence electrons. The summed E-state index contributed by atoms with van der Waals surface area (Å²) in [6, 6.07) is 7.70. The Hall–Kier alpha value is -1.92. The summed E-state index contributed by atoms with van der Waals surface area (Å²) < 4.78 is 11.3. The predicted molar refractivity (Wildman–Crippen MR) is 94.4 cm³/mol. The number of morpholine rings is 1. The number of thiazole rings is 1. The monoisotopic (exact) mass is 346 g/mol. The van der Waals surface area contributed by atoms with Crippen molar-refractivity contribution in [1.29, 1.82) is 0 Å². The molecule has 1 saturated heterocycles. The van der Waals surface area contributed by atoms with E-state index in [2.05, 4.69) is 4.98 Å². The molecule has 1 fully saturated rings. The first-order valence-corrected chi connectivity index (χ1v) is 8.98. The van der Waals surface area contributed by atoms with Crippen LogP contribution in [0.2, 0.25) is 0 Å². The van der Waals surface area contributed by atoms with Crippen molar-refractivity contribution in [3.8, 4) is 16.3 Å². The molecule has 0 aliphatic carbocycles. The fourth-order valence-electron chi connectivity index (χ4n) is 2.80. The van der Waals surface area contributed by atoms with Gasteiger partial charge in [0.25, 0.3) is 5.91 Å². The van der Waals surface area contributed by atoms with E-state index in [1.807, 2.05) is 55.3 Å². The molecule has 1 aromatic heterocycles. The largest absolute Gasteiger partial charge is 0.484 e. The first kappa shape index (κ1) is 16.9. The topological polar surface area (TPSA) is 51.7 Å². The van der Waals surface area contributed by atoms with Crippen LogP contribution in [0.4, 0.5) is 0 Å². The van der Waals surface area contributed by atoms with E-state index in [0.717, 1.165) is 16.3 Å². The van der Waals surface area contributed by atoms with E-state index in [0.29, 0.717) is 18.8 Å². The fraction of sp³-hybridized carbons (Fsp3) is 0.444. The Balaban J connectivity index is 1.55. The van der Waals surface area contributed by atoms with Gasteiger partial charge in [0.15, 0.2) is 6.61 Å². The maximum atomic E-state index is 12.3.